The number of allylic oxidation sites excluding steroid dienone is 10. The zero-order chi connectivity index (χ0) is 30.8. The zero-order valence-corrected chi connectivity index (χ0v) is 25.9. The molecule has 41 heavy (non-hydrogen) atoms. The number of hydrogen-bond acceptors (Lipinski definition) is 8. The number of likely N-dealkylation sites (N-methyl/N-ethyl adjacent to an activating group) is 1. The van der Waals surface area contributed by atoms with Gasteiger partial charge in [0.2, 0.25) is 0 Å². The van der Waals surface area contributed by atoms with Crippen LogP contribution in [-0.4, -0.2) is 85.4 Å². The molecule has 1 unspecified atom stereocenters. The molecule has 0 rings (SSSR count). The summed E-state index contributed by atoms with van der Waals surface area (Å²) in [6, 6.07) is 0. The first-order valence-electron chi connectivity index (χ1n) is 14.0. The number of nitrogens with zero attached hydrogens (tertiary/aromatic N) is 1. The lowest BCUT2D eigenvalue weighted by Gasteiger charge is -2.24. The van der Waals surface area contributed by atoms with Gasteiger partial charge in [0, 0.05) is 6.42 Å². The van der Waals surface area contributed by atoms with E-state index in [1.807, 2.05) is 75.8 Å². The Morgan fingerprint density at radius 2 is 1.51 bits per heavy atom. The van der Waals surface area contributed by atoms with E-state index in [-0.39, 0.29) is 25.7 Å². The fourth-order valence-electron chi connectivity index (χ4n) is 2.89. The minimum atomic E-state index is -4.28. The van der Waals surface area contributed by atoms with E-state index in [1.165, 1.54) is 0 Å². The topological polar surface area (TPSA) is 132 Å². The summed E-state index contributed by atoms with van der Waals surface area (Å²) >= 11 is 0. The van der Waals surface area contributed by atoms with Crippen LogP contribution < -0.4 is 0 Å². The Bertz CT molecular complexity index is 904. The summed E-state index contributed by atoms with van der Waals surface area (Å²) in [5.74, 6) is -0.476. The van der Waals surface area contributed by atoms with Crippen LogP contribution in [0, 0.1) is 0 Å². The van der Waals surface area contributed by atoms with Gasteiger partial charge in [0.25, 0.3) is 0 Å². The number of quaternary nitrogens is 1. The second kappa shape index (κ2) is 24.5. The zero-order valence-electron chi connectivity index (χ0n) is 25.0. The van der Waals surface area contributed by atoms with Crippen molar-refractivity contribution in [3.05, 3.63) is 72.9 Å². The van der Waals surface area contributed by atoms with Crippen LogP contribution in [0.2, 0.25) is 0 Å². The molecule has 0 saturated carbocycles. The third kappa shape index (κ3) is 27.8. The van der Waals surface area contributed by atoms with Crippen molar-refractivity contribution in [1.82, 2.24) is 0 Å². The number of rotatable bonds is 24. The predicted molar refractivity (Wildman–Crippen MR) is 162 cm³/mol. The fraction of sp³-hybridized carbons (Fsp3) is 0.567. The summed E-state index contributed by atoms with van der Waals surface area (Å²) in [6.45, 7) is 1.78. The molecule has 0 aliphatic carbocycles. The summed E-state index contributed by atoms with van der Waals surface area (Å²) in [7, 11) is 1.47. The number of phosphoric acid groups is 1. The number of aliphatic hydroxyl groups excluding tert-OH is 1. The normalized spacial score (nSPS) is 16.2. The first kappa shape index (κ1) is 38.9. The van der Waals surface area contributed by atoms with Crippen molar-refractivity contribution in [2.75, 3.05) is 47.5 Å². The number of esters is 1. The van der Waals surface area contributed by atoms with Gasteiger partial charge in [0.05, 0.1) is 27.7 Å². The van der Waals surface area contributed by atoms with Crippen LogP contribution >= 0.6 is 7.82 Å². The molecule has 10 nitrogen and oxygen atoms in total. The van der Waals surface area contributed by atoms with Gasteiger partial charge in [-0.25, -0.2) is 9.45 Å². The molecule has 0 aliphatic heterocycles. The summed E-state index contributed by atoms with van der Waals surface area (Å²) in [5, 5.41) is 18.7. The second-order valence-corrected chi connectivity index (χ2v) is 11.6. The van der Waals surface area contributed by atoms with Crippen LogP contribution in [0.25, 0.3) is 0 Å². The maximum atomic E-state index is 11.8. The van der Waals surface area contributed by atoms with Gasteiger partial charge in [-0.2, -0.15) is 0 Å². The first-order valence-corrected chi connectivity index (χ1v) is 15.5. The van der Waals surface area contributed by atoms with E-state index in [0.717, 1.165) is 25.7 Å². The van der Waals surface area contributed by atoms with E-state index in [9.17, 15) is 19.4 Å². The molecule has 0 aromatic rings. The van der Waals surface area contributed by atoms with Gasteiger partial charge in [-0.1, -0.05) is 79.8 Å². The molecule has 0 heterocycles. The van der Waals surface area contributed by atoms with Crippen molar-refractivity contribution in [2.45, 2.75) is 64.1 Å². The maximum absolute atomic E-state index is 11.8. The van der Waals surface area contributed by atoms with Gasteiger partial charge in [-0.05, 0) is 38.5 Å². The lowest BCUT2D eigenvalue weighted by atomic mass is 10.2. The monoisotopic (exact) mass is 600 g/mol. The fourth-order valence-corrected chi connectivity index (χ4v) is 3.64. The molecule has 11 heteroatoms. The molecular formula is C30H51NO9P+. The van der Waals surface area contributed by atoms with E-state index < -0.39 is 26.5 Å². The predicted octanol–water partition coefficient (Wildman–Crippen LogP) is 5.68. The van der Waals surface area contributed by atoms with Gasteiger partial charge in [-0.3, -0.25) is 19.1 Å². The molecule has 0 fully saturated rings. The van der Waals surface area contributed by atoms with Crippen molar-refractivity contribution < 1.29 is 47.8 Å². The quantitative estimate of drug-likeness (QED) is 0.0244. The number of phosphoric ester groups is 1. The Kier molecular flexibility index (Phi) is 23.2. The molecule has 0 radical (unpaired) electrons. The largest absolute Gasteiger partial charge is 0.472 e. The Labute approximate surface area is 246 Å². The maximum Gasteiger partial charge on any atom is 0.472 e. The number of ether oxygens (including phenoxy) is 1. The highest BCUT2D eigenvalue weighted by atomic mass is 31.2. The summed E-state index contributed by atoms with van der Waals surface area (Å²) in [4.78, 5) is 25.9. The highest BCUT2D eigenvalue weighted by molar-refractivity contribution is 7.47. The Morgan fingerprint density at radius 1 is 0.878 bits per heavy atom. The van der Waals surface area contributed by atoms with Crippen LogP contribution in [-0.2, 0) is 28.0 Å². The van der Waals surface area contributed by atoms with Crippen molar-refractivity contribution in [3.63, 3.8) is 0 Å². The van der Waals surface area contributed by atoms with Crippen molar-refractivity contribution in [1.29, 1.82) is 0 Å². The first-order chi connectivity index (χ1) is 19.5. The average Bonchev–Trinajstić information content (AvgIpc) is 2.91. The van der Waals surface area contributed by atoms with E-state index in [0.29, 0.717) is 23.9 Å². The third-order valence-corrected chi connectivity index (χ3v) is 6.18. The van der Waals surface area contributed by atoms with Gasteiger partial charge in [0.15, 0.2) is 0 Å². The SMILES string of the molecule is CC/C=C\C[C@@H](/C=C\C=C/C/C=C\C/C=C\C/C=C\CCC(=O)OC[C@@H](O)COP(=O)(O)OCC[N+](C)(C)C)OO. The average molecular weight is 601 g/mol. The molecule has 3 N–H and O–H groups in total. The Hall–Kier alpha value is -2.14. The molecule has 0 amide bonds. The Balaban J connectivity index is 3.91. The van der Waals surface area contributed by atoms with Gasteiger partial charge in [-0.15, -0.1) is 0 Å². The molecule has 0 aromatic carbocycles. The minimum absolute atomic E-state index is 0.0296. The number of hydrogen-bond donors (Lipinski definition) is 3. The summed E-state index contributed by atoms with van der Waals surface area (Å²) in [6.07, 6.45) is 26.8. The van der Waals surface area contributed by atoms with Crippen molar-refractivity contribution in [3.8, 4) is 0 Å². The van der Waals surface area contributed by atoms with Crippen molar-refractivity contribution in [2.24, 2.45) is 0 Å². The van der Waals surface area contributed by atoms with Crippen LogP contribution in [0.1, 0.15) is 51.9 Å². The van der Waals surface area contributed by atoms with Crippen LogP contribution in [0.4, 0.5) is 0 Å². The lowest BCUT2D eigenvalue weighted by Crippen LogP contribution is -2.37. The van der Waals surface area contributed by atoms with Crippen LogP contribution in [0.3, 0.4) is 0 Å². The summed E-state index contributed by atoms with van der Waals surface area (Å²) < 4.78 is 27.0. The molecule has 0 saturated heterocycles. The molecule has 234 valence electrons. The van der Waals surface area contributed by atoms with E-state index in [4.69, 9.17) is 19.0 Å². The van der Waals surface area contributed by atoms with E-state index in [2.05, 4.69) is 30.0 Å². The lowest BCUT2D eigenvalue weighted by molar-refractivity contribution is -0.870. The van der Waals surface area contributed by atoms with Gasteiger partial charge in [0.1, 0.15) is 32.0 Å². The van der Waals surface area contributed by atoms with Crippen LogP contribution in [0.15, 0.2) is 72.9 Å². The summed E-state index contributed by atoms with van der Waals surface area (Å²) in [5.41, 5.74) is 0. The molecule has 0 bridgehead atoms. The van der Waals surface area contributed by atoms with Gasteiger partial charge < -0.3 is 19.2 Å². The molecule has 0 aromatic heterocycles. The third-order valence-electron chi connectivity index (χ3n) is 5.19. The molecule has 0 aliphatic rings. The minimum Gasteiger partial charge on any atom is -0.463 e. The van der Waals surface area contributed by atoms with Crippen LogP contribution in [0.5, 0.6) is 0 Å². The number of aliphatic hydroxyl groups is 1. The van der Waals surface area contributed by atoms with E-state index in [1.54, 1.807) is 0 Å². The molecule has 3 atom stereocenters. The molecule has 0 spiro atoms. The Morgan fingerprint density at radius 3 is 2.12 bits per heavy atom. The second-order valence-electron chi connectivity index (χ2n) is 10.2. The smallest absolute Gasteiger partial charge is 0.463 e. The molecular weight excluding hydrogens is 549 g/mol. The van der Waals surface area contributed by atoms with E-state index >= 15 is 0 Å². The highest BCUT2D eigenvalue weighted by Gasteiger charge is 2.24. The van der Waals surface area contributed by atoms with Gasteiger partial charge >= 0.3 is 13.8 Å². The van der Waals surface area contributed by atoms with Crippen molar-refractivity contribution >= 4 is 13.8 Å². The highest BCUT2D eigenvalue weighted by Crippen LogP contribution is 2.43. The number of carbonyl (C=O) groups is 1. The number of carbonyl (C=O) groups excluding carboxylic acids is 1. The standard InChI is InChI=1S/C30H50NO9P/c1-5-6-18-21-29(40-34)22-19-16-14-12-10-8-7-9-11-13-15-17-20-23-30(33)37-26-28(32)27-39-41(35,36)38-25-24-31(2,3)4/h6,8-11,14-19,22,28-29,32H,5,7,12-13,20-21,23-27H2,1-4H3,(H-,34,35,36)/p+1/b10-8-,11-9-,16-14-,17-15-,18-6-,22-19-/t28-,29+/m1/s1.